The quantitative estimate of drug-likeness (QED) is 0.492. The number of ether oxygens (including phenoxy) is 4. The number of carbonyl (C=O) groups is 1. The first-order chi connectivity index (χ1) is 15.5. The largest absolute Gasteiger partial charge is 0.491 e. The minimum absolute atomic E-state index is 0.178. The van der Waals surface area contributed by atoms with Crippen molar-refractivity contribution in [3.63, 3.8) is 0 Å². The van der Waals surface area contributed by atoms with Gasteiger partial charge in [-0.3, -0.25) is 4.79 Å². The molecule has 1 atom stereocenters. The van der Waals surface area contributed by atoms with Crippen LogP contribution in [0.4, 0.5) is 5.82 Å². The monoisotopic (exact) mass is 440 g/mol. The molecule has 4 heterocycles. The van der Waals surface area contributed by atoms with Gasteiger partial charge in [-0.1, -0.05) is 0 Å². The van der Waals surface area contributed by atoms with E-state index in [2.05, 4.69) is 15.3 Å². The van der Waals surface area contributed by atoms with Gasteiger partial charge in [-0.25, -0.2) is 9.97 Å². The van der Waals surface area contributed by atoms with E-state index in [-0.39, 0.29) is 5.91 Å². The lowest BCUT2D eigenvalue weighted by atomic mass is 9.96. The molecule has 0 aromatic carbocycles. The summed E-state index contributed by atoms with van der Waals surface area (Å²) in [6, 6.07) is 5.64. The summed E-state index contributed by atoms with van der Waals surface area (Å²) in [5.74, 6) is 0.980. The number of amides is 1. The SMILES string of the molecule is CCOCCOc1cc(-c2c[nH]c3cnc(NC(C)=O)cc23)nc([C@]2(OC)CCOC2)c1. The molecule has 2 N–H and O–H groups in total. The Morgan fingerprint density at radius 1 is 1.31 bits per heavy atom. The van der Waals surface area contributed by atoms with Crippen LogP contribution in [0.3, 0.4) is 0 Å². The zero-order valence-corrected chi connectivity index (χ0v) is 18.6. The fourth-order valence-corrected chi connectivity index (χ4v) is 3.82. The Balaban J connectivity index is 1.77. The lowest BCUT2D eigenvalue weighted by molar-refractivity contribution is -0.114. The number of carbonyl (C=O) groups excluding carboxylic acids is 1. The third kappa shape index (κ3) is 4.59. The maximum Gasteiger partial charge on any atom is 0.222 e. The second-order valence-corrected chi connectivity index (χ2v) is 7.62. The van der Waals surface area contributed by atoms with Gasteiger partial charge < -0.3 is 29.2 Å². The zero-order valence-electron chi connectivity index (χ0n) is 18.6. The van der Waals surface area contributed by atoms with Gasteiger partial charge in [0.05, 0.1) is 36.3 Å². The molecule has 0 unspecified atom stereocenters. The highest BCUT2D eigenvalue weighted by Crippen LogP contribution is 2.37. The van der Waals surface area contributed by atoms with Crippen LogP contribution in [0.25, 0.3) is 22.2 Å². The Kier molecular flexibility index (Phi) is 6.69. The smallest absolute Gasteiger partial charge is 0.222 e. The molecule has 170 valence electrons. The molecular formula is C23H28N4O5. The van der Waals surface area contributed by atoms with Crippen LogP contribution in [0.15, 0.2) is 30.6 Å². The van der Waals surface area contributed by atoms with Crippen LogP contribution in [0.1, 0.15) is 26.0 Å². The number of H-pyrrole nitrogens is 1. The van der Waals surface area contributed by atoms with E-state index in [1.165, 1.54) is 6.92 Å². The molecule has 3 aromatic rings. The minimum atomic E-state index is -0.622. The molecule has 1 fully saturated rings. The van der Waals surface area contributed by atoms with Gasteiger partial charge >= 0.3 is 0 Å². The predicted molar refractivity (Wildman–Crippen MR) is 120 cm³/mol. The van der Waals surface area contributed by atoms with Crippen molar-refractivity contribution in [3.8, 4) is 17.0 Å². The Morgan fingerprint density at radius 3 is 2.91 bits per heavy atom. The van der Waals surface area contributed by atoms with Gasteiger partial charge in [0.15, 0.2) is 0 Å². The van der Waals surface area contributed by atoms with Gasteiger partial charge in [0.1, 0.15) is 23.8 Å². The highest BCUT2D eigenvalue weighted by Gasteiger charge is 2.39. The number of methoxy groups -OCH3 is 1. The van der Waals surface area contributed by atoms with Crippen LogP contribution in [0.5, 0.6) is 5.75 Å². The topological polar surface area (TPSA) is 108 Å². The van der Waals surface area contributed by atoms with Gasteiger partial charge in [-0.2, -0.15) is 0 Å². The molecule has 0 spiro atoms. The van der Waals surface area contributed by atoms with Gasteiger partial charge in [-0.15, -0.1) is 0 Å². The molecule has 3 aromatic heterocycles. The fourth-order valence-electron chi connectivity index (χ4n) is 3.82. The molecule has 0 saturated carbocycles. The summed E-state index contributed by atoms with van der Waals surface area (Å²) < 4.78 is 22.9. The molecular weight excluding hydrogens is 412 g/mol. The first kappa shape index (κ1) is 22.2. The van der Waals surface area contributed by atoms with Crippen LogP contribution in [0, 0.1) is 0 Å². The standard InChI is InChI=1S/C23H28N4O5/c1-4-30-7-8-32-16-9-19(27-21(10-16)23(29-3)5-6-31-14-23)18-12-24-20-13-25-22(11-17(18)20)26-15(2)28/h9-13,24H,4-8,14H2,1-3H3,(H,25,26,28)/t23-/m0/s1. The second-order valence-electron chi connectivity index (χ2n) is 7.62. The first-order valence-corrected chi connectivity index (χ1v) is 10.7. The summed E-state index contributed by atoms with van der Waals surface area (Å²) in [6.45, 7) is 6.02. The number of aromatic nitrogens is 3. The molecule has 9 heteroatoms. The maximum atomic E-state index is 11.5. The molecule has 0 aliphatic carbocycles. The fraction of sp³-hybridized carbons (Fsp3) is 0.435. The lowest BCUT2D eigenvalue weighted by Gasteiger charge is -2.26. The minimum Gasteiger partial charge on any atom is -0.491 e. The summed E-state index contributed by atoms with van der Waals surface area (Å²) in [4.78, 5) is 23.9. The molecule has 1 amide bonds. The molecule has 32 heavy (non-hydrogen) atoms. The van der Waals surface area contributed by atoms with Crippen molar-refractivity contribution in [2.75, 3.05) is 45.5 Å². The first-order valence-electron chi connectivity index (χ1n) is 10.7. The lowest BCUT2D eigenvalue weighted by Crippen LogP contribution is -2.30. The number of nitrogens with one attached hydrogen (secondary N) is 2. The van der Waals surface area contributed by atoms with Crippen LogP contribution in [-0.2, 0) is 24.6 Å². The van der Waals surface area contributed by atoms with E-state index in [4.69, 9.17) is 23.9 Å². The molecule has 0 radical (unpaired) electrons. The number of rotatable bonds is 9. The average Bonchev–Trinajstić information content (AvgIpc) is 3.44. The van der Waals surface area contributed by atoms with E-state index in [0.29, 0.717) is 51.0 Å². The summed E-state index contributed by atoms with van der Waals surface area (Å²) in [7, 11) is 1.68. The Morgan fingerprint density at radius 2 is 2.19 bits per heavy atom. The van der Waals surface area contributed by atoms with E-state index in [0.717, 1.165) is 27.9 Å². The number of hydrogen-bond acceptors (Lipinski definition) is 7. The molecule has 9 nitrogen and oxygen atoms in total. The predicted octanol–water partition coefficient (Wildman–Crippen LogP) is 3.26. The number of fused-ring (bicyclic) bond motifs is 1. The summed E-state index contributed by atoms with van der Waals surface area (Å²) >= 11 is 0. The van der Waals surface area contributed by atoms with Crippen LogP contribution < -0.4 is 10.1 Å². The molecule has 1 aliphatic heterocycles. The van der Waals surface area contributed by atoms with Crippen molar-refractivity contribution in [3.05, 3.63) is 36.3 Å². The van der Waals surface area contributed by atoms with Crippen molar-refractivity contribution in [1.82, 2.24) is 15.0 Å². The molecule has 0 bridgehead atoms. The third-order valence-corrected chi connectivity index (χ3v) is 5.49. The van der Waals surface area contributed by atoms with E-state index in [1.54, 1.807) is 13.3 Å². The van der Waals surface area contributed by atoms with Crippen molar-refractivity contribution in [2.45, 2.75) is 25.9 Å². The van der Waals surface area contributed by atoms with Crippen molar-refractivity contribution in [1.29, 1.82) is 0 Å². The van der Waals surface area contributed by atoms with Gasteiger partial charge in [0, 0.05) is 62.9 Å². The Hall–Kier alpha value is -3.01. The molecule has 1 saturated heterocycles. The van der Waals surface area contributed by atoms with Crippen molar-refractivity contribution < 1.29 is 23.7 Å². The Bertz CT molecular complexity index is 1090. The van der Waals surface area contributed by atoms with E-state index < -0.39 is 5.60 Å². The van der Waals surface area contributed by atoms with E-state index in [1.807, 2.05) is 31.3 Å². The number of aromatic amines is 1. The van der Waals surface area contributed by atoms with Crippen molar-refractivity contribution in [2.24, 2.45) is 0 Å². The van der Waals surface area contributed by atoms with Crippen LogP contribution in [0.2, 0.25) is 0 Å². The number of nitrogens with zero attached hydrogens (tertiary/aromatic N) is 2. The number of hydrogen-bond donors (Lipinski definition) is 2. The summed E-state index contributed by atoms with van der Waals surface area (Å²) in [5, 5.41) is 3.62. The zero-order chi connectivity index (χ0) is 22.6. The number of pyridine rings is 2. The number of anilines is 1. The molecule has 4 rings (SSSR count). The second kappa shape index (κ2) is 9.64. The highest BCUT2D eigenvalue weighted by atomic mass is 16.6. The normalized spacial score (nSPS) is 18.2. The van der Waals surface area contributed by atoms with E-state index >= 15 is 0 Å². The van der Waals surface area contributed by atoms with Crippen LogP contribution >= 0.6 is 0 Å². The third-order valence-electron chi connectivity index (χ3n) is 5.49. The van der Waals surface area contributed by atoms with Crippen molar-refractivity contribution >= 4 is 22.6 Å². The Labute approximate surface area is 186 Å². The highest BCUT2D eigenvalue weighted by molar-refractivity contribution is 5.97. The van der Waals surface area contributed by atoms with Gasteiger partial charge in [0.25, 0.3) is 0 Å². The maximum absolute atomic E-state index is 11.5. The van der Waals surface area contributed by atoms with Crippen LogP contribution in [-0.4, -0.2) is 61.0 Å². The molecule has 1 aliphatic rings. The van der Waals surface area contributed by atoms with Gasteiger partial charge in [0.2, 0.25) is 5.91 Å². The summed E-state index contributed by atoms with van der Waals surface area (Å²) in [6.07, 6.45) is 4.28. The summed E-state index contributed by atoms with van der Waals surface area (Å²) in [5.41, 5.74) is 2.57. The van der Waals surface area contributed by atoms with E-state index in [9.17, 15) is 4.79 Å². The van der Waals surface area contributed by atoms with Gasteiger partial charge in [-0.05, 0) is 13.0 Å². The average molecular weight is 441 g/mol.